The maximum absolute atomic E-state index is 13.2. The Kier molecular flexibility index (Phi) is 5.77. The van der Waals surface area contributed by atoms with Crippen molar-refractivity contribution >= 4 is 23.1 Å². The van der Waals surface area contributed by atoms with Gasteiger partial charge in [0, 0.05) is 23.6 Å². The molecule has 0 saturated carbocycles. The molecule has 6 nitrogen and oxygen atoms in total. The summed E-state index contributed by atoms with van der Waals surface area (Å²) in [6.07, 6.45) is 3.05. The van der Waals surface area contributed by atoms with Crippen LogP contribution in [0.15, 0.2) is 78.6 Å². The lowest BCUT2D eigenvalue weighted by Gasteiger charge is -2.27. The van der Waals surface area contributed by atoms with Crippen LogP contribution in [0.2, 0.25) is 0 Å². The van der Waals surface area contributed by atoms with E-state index in [-0.39, 0.29) is 16.7 Å². The molecule has 1 unspecified atom stereocenters. The van der Waals surface area contributed by atoms with E-state index in [1.54, 1.807) is 43.5 Å². The lowest BCUT2D eigenvalue weighted by Crippen LogP contribution is -2.29. The Balaban J connectivity index is 1.89. The van der Waals surface area contributed by atoms with Crippen LogP contribution in [0.5, 0.6) is 5.75 Å². The second-order valence-corrected chi connectivity index (χ2v) is 8.98. The Bertz CT molecular complexity index is 1210. The van der Waals surface area contributed by atoms with Gasteiger partial charge in [0.1, 0.15) is 11.5 Å². The standard InChI is InChI=1S/C27H26N2O4/c1-27(2,3)19-7-9-20(10-8-19)29-23(17-5-11-21(33-4)12-6-17)22(25(31)26(29)32)24(30)18-13-15-28-16-14-18/h5-16,23,30H,1-4H3/b24-22+. The van der Waals surface area contributed by atoms with E-state index in [0.717, 1.165) is 5.56 Å². The van der Waals surface area contributed by atoms with Crippen LogP contribution >= 0.6 is 0 Å². The molecule has 4 rings (SSSR count). The number of hydrogen-bond donors (Lipinski definition) is 1. The molecule has 0 bridgehead atoms. The first kappa shape index (κ1) is 22.3. The van der Waals surface area contributed by atoms with Gasteiger partial charge in [0.25, 0.3) is 11.7 Å². The average Bonchev–Trinajstić information content (AvgIpc) is 3.09. The number of aromatic nitrogens is 1. The van der Waals surface area contributed by atoms with Crippen molar-refractivity contribution in [3.05, 3.63) is 95.3 Å². The fraction of sp³-hybridized carbons (Fsp3) is 0.222. The number of Topliss-reactive ketones (excluding diaryl/α,β-unsaturated/α-hetero) is 1. The number of hydrogen-bond acceptors (Lipinski definition) is 5. The molecule has 3 aromatic rings. The first-order valence-electron chi connectivity index (χ1n) is 10.7. The van der Waals surface area contributed by atoms with E-state index in [9.17, 15) is 14.7 Å². The topological polar surface area (TPSA) is 79.7 Å². The van der Waals surface area contributed by atoms with Crippen LogP contribution in [0.1, 0.15) is 43.5 Å². The Labute approximate surface area is 193 Å². The predicted molar refractivity (Wildman–Crippen MR) is 127 cm³/mol. The quantitative estimate of drug-likeness (QED) is 0.349. The highest BCUT2D eigenvalue weighted by Crippen LogP contribution is 2.42. The number of benzene rings is 2. The fourth-order valence-electron chi connectivity index (χ4n) is 3.99. The molecule has 1 saturated heterocycles. The molecule has 1 fully saturated rings. The number of nitrogens with zero attached hydrogens (tertiary/aromatic N) is 2. The van der Waals surface area contributed by atoms with Crippen LogP contribution in [-0.4, -0.2) is 28.9 Å². The normalized spacial score (nSPS) is 17.9. The number of pyridine rings is 1. The van der Waals surface area contributed by atoms with Gasteiger partial charge in [-0.3, -0.25) is 19.5 Å². The van der Waals surface area contributed by atoms with Gasteiger partial charge in [-0.05, 0) is 52.9 Å². The second-order valence-electron chi connectivity index (χ2n) is 8.98. The van der Waals surface area contributed by atoms with E-state index in [4.69, 9.17) is 4.74 Å². The zero-order valence-electron chi connectivity index (χ0n) is 19.1. The molecular weight excluding hydrogens is 416 g/mol. The molecule has 1 atom stereocenters. The SMILES string of the molecule is COc1ccc(C2/C(=C(\O)c3ccncc3)C(=O)C(=O)N2c2ccc(C(C)(C)C)cc2)cc1. The van der Waals surface area contributed by atoms with Crippen LogP contribution in [0.4, 0.5) is 5.69 Å². The summed E-state index contributed by atoms with van der Waals surface area (Å²) in [5, 5.41) is 11.1. The predicted octanol–water partition coefficient (Wildman–Crippen LogP) is 5.01. The van der Waals surface area contributed by atoms with E-state index < -0.39 is 17.7 Å². The number of ether oxygens (including phenoxy) is 1. The summed E-state index contributed by atoms with van der Waals surface area (Å²) in [5.41, 5.74) is 2.79. The number of rotatable bonds is 4. The number of ketones is 1. The maximum atomic E-state index is 13.2. The molecule has 1 amide bonds. The highest BCUT2D eigenvalue weighted by atomic mass is 16.5. The molecule has 0 radical (unpaired) electrons. The van der Waals surface area contributed by atoms with Gasteiger partial charge in [-0.25, -0.2) is 0 Å². The van der Waals surface area contributed by atoms with Gasteiger partial charge in [-0.2, -0.15) is 0 Å². The largest absolute Gasteiger partial charge is 0.507 e. The summed E-state index contributed by atoms with van der Waals surface area (Å²) >= 11 is 0. The van der Waals surface area contributed by atoms with Crippen molar-refractivity contribution in [2.24, 2.45) is 0 Å². The minimum Gasteiger partial charge on any atom is -0.507 e. The van der Waals surface area contributed by atoms with E-state index >= 15 is 0 Å². The molecule has 168 valence electrons. The van der Waals surface area contributed by atoms with Gasteiger partial charge in [-0.1, -0.05) is 45.0 Å². The molecule has 2 aromatic carbocycles. The number of methoxy groups -OCH3 is 1. The molecule has 0 spiro atoms. The first-order valence-corrected chi connectivity index (χ1v) is 10.7. The van der Waals surface area contributed by atoms with Crippen LogP contribution in [0.3, 0.4) is 0 Å². The van der Waals surface area contributed by atoms with E-state index in [0.29, 0.717) is 22.6 Å². The molecule has 33 heavy (non-hydrogen) atoms. The van der Waals surface area contributed by atoms with Crippen molar-refractivity contribution in [2.45, 2.75) is 32.2 Å². The first-order chi connectivity index (χ1) is 15.7. The lowest BCUT2D eigenvalue weighted by atomic mass is 9.87. The third-order valence-electron chi connectivity index (χ3n) is 5.84. The molecule has 0 aliphatic carbocycles. The second kappa shape index (κ2) is 8.54. The van der Waals surface area contributed by atoms with Crippen molar-refractivity contribution in [3.8, 4) is 5.75 Å². The van der Waals surface area contributed by atoms with Crippen molar-refractivity contribution in [3.63, 3.8) is 0 Å². The monoisotopic (exact) mass is 442 g/mol. The Morgan fingerprint density at radius 1 is 0.939 bits per heavy atom. The van der Waals surface area contributed by atoms with Gasteiger partial charge in [0.05, 0.1) is 18.7 Å². The third-order valence-corrected chi connectivity index (χ3v) is 5.84. The number of amides is 1. The molecule has 1 N–H and O–H groups in total. The number of carbonyl (C=O) groups is 2. The average molecular weight is 443 g/mol. The van der Waals surface area contributed by atoms with Crippen molar-refractivity contribution < 1.29 is 19.4 Å². The van der Waals surface area contributed by atoms with E-state index in [1.165, 1.54) is 17.3 Å². The zero-order chi connectivity index (χ0) is 23.8. The summed E-state index contributed by atoms with van der Waals surface area (Å²) in [6, 6.07) is 17.2. The summed E-state index contributed by atoms with van der Waals surface area (Å²) in [5.74, 6) is -0.996. The van der Waals surface area contributed by atoms with Crippen molar-refractivity contribution in [1.29, 1.82) is 0 Å². The highest BCUT2D eigenvalue weighted by molar-refractivity contribution is 6.51. The summed E-state index contributed by atoms with van der Waals surface area (Å²) in [4.78, 5) is 31.8. The van der Waals surface area contributed by atoms with Crippen LogP contribution in [0, 0.1) is 0 Å². The molecule has 2 heterocycles. The minimum atomic E-state index is -0.787. The highest BCUT2D eigenvalue weighted by Gasteiger charge is 2.47. The zero-order valence-corrected chi connectivity index (χ0v) is 19.1. The Morgan fingerprint density at radius 2 is 1.55 bits per heavy atom. The van der Waals surface area contributed by atoms with Gasteiger partial charge in [0.2, 0.25) is 0 Å². The lowest BCUT2D eigenvalue weighted by molar-refractivity contribution is -0.132. The molecule has 1 aliphatic heterocycles. The number of aliphatic hydroxyl groups excluding tert-OH is 1. The molecule has 6 heteroatoms. The smallest absolute Gasteiger partial charge is 0.300 e. The van der Waals surface area contributed by atoms with Crippen molar-refractivity contribution in [1.82, 2.24) is 4.98 Å². The van der Waals surface area contributed by atoms with E-state index in [2.05, 4.69) is 25.8 Å². The molecular formula is C27H26N2O4. The van der Waals surface area contributed by atoms with Gasteiger partial charge < -0.3 is 9.84 Å². The third kappa shape index (κ3) is 4.12. The Hall–Kier alpha value is -3.93. The van der Waals surface area contributed by atoms with Crippen LogP contribution in [0.25, 0.3) is 5.76 Å². The number of anilines is 1. The summed E-state index contributed by atoms with van der Waals surface area (Å²) in [6.45, 7) is 6.33. The summed E-state index contributed by atoms with van der Waals surface area (Å²) < 4.78 is 5.26. The Morgan fingerprint density at radius 3 is 2.09 bits per heavy atom. The van der Waals surface area contributed by atoms with Crippen LogP contribution < -0.4 is 9.64 Å². The van der Waals surface area contributed by atoms with Gasteiger partial charge in [-0.15, -0.1) is 0 Å². The molecule has 1 aromatic heterocycles. The fourth-order valence-corrected chi connectivity index (χ4v) is 3.99. The van der Waals surface area contributed by atoms with Crippen molar-refractivity contribution in [2.75, 3.05) is 12.0 Å². The van der Waals surface area contributed by atoms with E-state index in [1.807, 2.05) is 24.3 Å². The summed E-state index contributed by atoms with van der Waals surface area (Å²) in [7, 11) is 1.57. The maximum Gasteiger partial charge on any atom is 0.300 e. The van der Waals surface area contributed by atoms with Gasteiger partial charge in [0.15, 0.2) is 0 Å². The van der Waals surface area contributed by atoms with Gasteiger partial charge >= 0.3 is 0 Å². The minimum absolute atomic E-state index is 0.0382. The number of carbonyl (C=O) groups excluding carboxylic acids is 2. The van der Waals surface area contributed by atoms with Crippen LogP contribution in [-0.2, 0) is 15.0 Å². The molecule has 1 aliphatic rings. The number of aliphatic hydroxyl groups is 1.